The number of ether oxygens (including phenoxy) is 2. The Bertz CT molecular complexity index is 761. The molecule has 0 aliphatic heterocycles. The van der Waals surface area contributed by atoms with Crippen LogP contribution in [0.4, 0.5) is 5.69 Å². The van der Waals surface area contributed by atoms with Crippen LogP contribution in [-0.4, -0.2) is 25.6 Å². The van der Waals surface area contributed by atoms with Crippen LogP contribution in [0.25, 0.3) is 0 Å². The molecular formula is C20H21NO4. The molecule has 2 aromatic rings. The van der Waals surface area contributed by atoms with Gasteiger partial charge in [0.15, 0.2) is 0 Å². The third-order valence-electron chi connectivity index (χ3n) is 4.48. The fourth-order valence-corrected chi connectivity index (χ4v) is 2.84. The second-order valence-electron chi connectivity index (χ2n) is 6.06. The average molecular weight is 339 g/mol. The minimum Gasteiger partial charge on any atom is -0.497 e. The molecule has 1 fully saturated rings. The number of carbonyl (C=O) groups excluding carboxylic acids is 2. The number of rotatable bonds is 6. The largest absolute Gasteiger partial charge is 0.497 e. The lowest BCUT2D eigenvalue weighted by Crippen LogP contribution is -2.27. The van der Waals surface area contributed by atoms with Crippen molar-refractivity contribution in [3.8, 4) is 5.75 Å². The molecule has 25 heavy (non-hydrogen) atoms. The van der Waals surface area contributed by atoms with Gasteiger partial charge in [0, 0.05) is 5.69 Å². The SMILES string of the molecule is CCOC(=O)c1ccc(NC(=O)C2(c3ccc(OC)cc3)CC2)cc1. The van der Waals surface area contributed by atoms with Crippen molar-refractivity contribution in [1.29, 1.82) is 0 Å². The Morgan fingerprint density at radius 2 is 1.68 bits per heavy atom. The summed E-state index contributed by atoms with van der Waals surface area (Å²) in [6.45, 7) is 2.10. The van der Waals surface area contributed by atoms with Gasteiger partial charge in [0.05, 0.1) is 24.7 Å². The molecule has 0 radical (unpaired) electrons. The van der Waals surface area contributed by atoms with Gasteiger partial charge in [-0.2, -0.15) is 0 Å². The van der Waals surface area contributed by atoms with Crippen LogP contribution in [0.1, 0.15) is 35.7 Å². The van der Waals surface area contributed by atoms with Crippen LogP contribution >= 0.6 is 0 Å². The topological polar surface area (TPSA) is 64.6 Å². The molecule has 3 rings (SSSR count). The number of nitrogens with one attached hydrogen (secondary N) is 1. The van der Waals surface area contributed by atoms with Gasteiger partial charge in [0.25, 0.3) is 0 Å². The molecule has 130 valence electrons. The molecule has 0 saturated heterocycles. The summed E-state index contributed by atoms with van der Waals surface area (Å²) >= 11 is 0. The molecule has 1 aliphatic rings. The van der Waals surface area contributed by atoms with Gasteiger partial charge < -0.3 is 14.8 Å². The zero-order chi connectivity index (χ0) is 17.9. The quantitative estimate of drug-likeness (QED) is 0.818. The number of carbonyl (C=O) groups is 2. The molecule has 0 bridgehead atoms. The third-order valence-corrected chi connectivity index (χ3v) is 4.48. The summed E-state index contributed by atoms with van der Waals surface area (Å²) in [6, 6.07) is 14.4. The van der Waals surface area contributed by atoms with Crippen LogP contribution in [0, 0.1) is 0 Å². The Kier molecular flexibility index (Phi) is 4.74. The summed E-state index contributed by atoms with van der Waals surface area (Å²) in [6.07, 6.45) is 1.65. The molecular weight excluding hydrogens is 318 g/mol. The molecule has 2 aromatic carbocycles. The maximum atomic E-state index is 12.7. The van der Waals surface area contributed by atoms with Crippen molar-refractivity contribution in [3.05, 3.63) is 59.7 Å². The van der Waals surface area contributed by atoms with Gasteiger partial charge in [-0.05, 0) is 61.7 Å². The fraction of sp³-hybridized carbons (Fsp3) is 0.300. The predicted molar refractivity (Wildman–Crippen MR) is 94.9 cm³/mol. The van der Waals surface area contributed by atoms with E-state index in [2.05, 4.69) is 5.32 Å². The second-order valence-corrected chi connectivity index (χ2v) is 6.06. The van der Waals surface area contributed by atoms with Crippen molar-refractivity contribution in [2.45, 2.75) is 25.2 Å². The Morgan fingerprint density at radius 1 is 1.04 bits per heavy atom. The first-order chi connectivity index (χ1) is 12.1. The Hall–Kier alpha value is -2.82. The standard InChI is InChI=1S/C20H21NO4/c1-3-25-18(22)14-4-8-16(9-5-14)21-19(23)20(12-13-20)15-6-10-17(24-2)11-7-15/h4-11H,3,12-13H2,1-2H3,(H,21,23). The van der Waals surface area contributed by atoms with E-state index >= 15 is 0 Å². The van der Waals surface area contributed by atoms with Crippen molar-refractivity contribution < 1.29 is 19.1 Å². The zero-order valence-electron chi connectivity index (χ0n) is 14.4. The van der Waals surface area contributed by atoms with Crippen LogP contribution < -0.4 is 10.1 Å². The van der Waals surface area contributed by atoms with Crippen molar-refractivity contribution in [2.75, 3.05) is 19.0 Å². The van der Waals surface area contributed by atoms with Gasteiger partial charge >= 0.3 is 5.97 Å². The van der Waals surface area contributed by atoms with Gasteiger partial charge in [0.2, 0.25) is 5.91 Å². The number of methoxy groups -OCH3 is 1. The Morgan fingerprint density at radius 3 is 2.20 bits per heavy atom. The molecule has 0 spiro atoms. The van der Waals surface area contributed by atoms with E-state index in [1.165, 1.54) is 0 Å². The highest BCUT2D eigenvalue weighted by Gasteiger charge is 2.51. The first kappa shape index (κ1) is 17.0. The monoisotopic (exact) mass is 339 g/mol. The van der Waals surface area contributed by atoms with Crippen molar-refractivity contribution >= 4 is 17.6 Å². The smallest absolute Gasteiger partial charge is 0.338 e. The Balaban J connectivity index is 1.70. The molecule has 1 amide bonds. The lowest BCUT2D eigenvalue weighted by molar-refractivity contribution is -0.118. The number of hydrogen-bond donors (Lipinski definition) is 1. The number of benzene rings is 2. The Labute approximate surface area is 147 Å². The third kappa shape index (κ3) is 3.50. The second kappa shape index (κ2) is 6.97. The van der Waals surface area contributed by atoms with Crippen molar-refractivity contribution in [3.63, 3.8) is 0 Å². The van der Waals surface area contributed by atoms with E-state index < -0.39 is 5.41 Å². The van der Waals surface area contributed by atoms with Crippen LogP contribution in [0.5, 0.6) is 5.75 Å². The molecule has 5 nitrogen and oxygen atoms in total. The minimum atomic E-state index is -0.466. The predicted octanol–water partition coefficient (Wildman–Crippen LogP) is 3.54. The van der Waals surface area contributed by atoms with Gasteiger partial charge in [-0.3, -0.25) is 4.79 Å². The fourth-order valence-electron chi connectivity index (χ4n) is 2.84. The van der Waals surface area contributed by atoms with Crippen LogP contribution in [0.2, 0.25) is 0 Å². The summed E-state index contributed by atoms with van der Waals surface area (Å²) in [5.41, 5.74) is 1.66. The maximum Gasteiger partial charge on any atom is 0.338 e. The van der Waals surface area contributed by atoms with Crippen LogP contribution in [0.3, 0.4) is 0 Å². The van der Waals surface area contributed by atoms with E-state index in [0.29, 0.717) is 17.9 Å². The van der Waals surface area contributed by atoms with E-state index in [9.17, 15) is 9.59 Å². The van der Waals surface area contributed by atoms with E-state index in [0.717, 1.165) is 24.2 Å². The summed E-state index contributed by atoms with van der Waals surface area (Å²) in [5, 5.41) is 2.95. The van der Waals surface area contributed by atoms with Gasteiger partial charge in [-0.1, -0.05) is 12.1 Å². The van der Waals surface area contributed by atoms with Crippen LogP contribution in [0.15, 0.2) is 48.5 Å². The molecule has 1 aliphatic carbocycles. The molecule has 0 aromatic heterocycles. The van der Waals surface area contributed by atoms with Crippen molar-refractivity contribution in [1.82, 2.24) is 0 Å². The minimum absolute atomic E-state index is 0.0263. The normalized spacial score (nSPS) is 14.5. The van der Waals surface area contributed by atoms with Gasteiger partial charge in [0.1, 0.15) is 5.75 Å². The molecule has 0 atom stereocenters. The molecule has 0 heterocycles. The van der Waals surface area contributed by atoms with E-state index in [1.54, 1.807) is 38.3 Å². The summed E-state index contributed by atoms with van der Waals surface area (Å²) in [5.74, 6) is 0.383. The summed E-state index contributed by atoms with van der Waals surface area (Å²) in [7, 11) is 1.62. The molecule has 1 saturated carbocycles. The lowest BCUT2D eigenvalue weighted by Gasteiger charge is -2.16. The first-order valence-electron chi connectivity index (χ1n) is 8.32. The highest BCUT2D eigenvalue weighted by molar-refractivity contribution is 6.01. The number of esters is 1. The van der Waals surface area contributed by atoms with E-state index in [4.69, 9.17) is 9.47 Å². The number of hydrogen-bond acceptors (Lipinski definition) is 4. The number of amides is 1. The maximum absolute atomic E-state index is 12.7. The highest BCUT2D eigenvalue weighted by atomic mass is 16.5. The van der Waals surface area contributed by atoms with E-state index in [1.807, 2.05) is 24.3 Å². The molecule has 0 unspecified atom stereocenters. The van der Waals surface area contributed by atoms with E-state index in [-0.39, 0.29) is 11.9 Å². The summed E-state index contributed by atoms with van der Waals surface area (Å²) < 4.78 is 10.1. The molecule has 5 heteroatoms. The van der Waals surface area contributed by atoms with Crippen molar-refractivity contribution in [2.24, 2.45) is 0 Å². The van der Waals surface area contributed by atoms with Gasteiger partial charge in [-0.15, -0.1) is 0 Å². The highest BCUT2D eigenvalue weighted by Crippen LogP contribution is 2.49. The average Bonchev–Trinajstić information content (AvgIpc) is 3.44. The zero-order valence-corrected chi connectivity index (χ0v) is 14.4. The first-order valence-corrected chi connectivity index (χ1v) is 8.32. The van der Waals surface area contributed by atoms with Crippen LogP contribution in [-0.2, 0) is 14.9 Å². The van der Waals surface area contributed by atoms with Gasteiger partial charge in [-0.25, -0.2) is 4.79 Å². The molecule has 1 N–H and O–H groups in total. The lowest BCUT2D eigenvalue weighted by atomic mass is 9.94. The summed E-state index contributed by atoms with van der Waals surface area (Å²) in [4.78, 5) is 24.4. The number of anilines is 1.